The van der Waals surface area contributed by atoms with Crippen LogP contribution >= 0.6 is 23.2 Å². The van der Waals surface area contributed by atoms with E-state index in [2.05, 4.69) is 0 Å². The molecule has 2 amide bonds. The van der Waals surface area contributed by atoms with Crippen LogP contribution in [0.3, 0.4) is 0 Å². The molecule has 4 aliphatic rings. The third kappa shape index (κ3) is 1.54. The first kappa shape index (κ1) is 15.3. The molecule has 3 aliphatic carbocycles. The molecule has 126 valence electrons. The maximum atomic E-state index is 12.6. The summed E-state index contributed by atoms with van der Waals surface area (Å²) in [6.07, 6.45) is 0. The van der Waals surface area contributed by atoms with Gasteiger partial charge in [-0.3, -0.25) is 14.8 Å². The summed E-state index contributed by atoms with van der Waals surface area (Å²) in [4.78, 5) is 25.1. The number of imide groups is 1. The molecule has 2 aromatic rings. The Labute approximate surface area is 152 Å². The molecule has 0 spiro atoms. The molecule has 5 nitrogen and oxygen atoms in total. The molecular weight excluding hydrogens is 365 g/mol. The van der Waals surface area contributed by atoms with Gasteiger partial charge in [0, 0.05) is 27.1 Å². The van der Waals surface area contributed by atoms with Crippen molar-refractivity contribution in [2.75, 3.05) is 0 Å². The van der Waals surface area contributed by atoms with Gasteiger partial charge in [-0.15, -0.1) is 0 Å². The van der Waals surface area contributed by atoms with E-state index >= 15 is 0 Å². The third-order valence-electron chi connectivity index (χ3n) is 5.66. The fraction of sp³-hybridized carbons (Fsp3) is 0.222. The highest BCUT2D eigenvalue weighted by Crippen LogP contribution is 2.64. The highest BCUT2D eigenvalue weighted by Gasteiger charge is 2.69. The summed E-state index contributed by atoms with van der Waals surface area (Å²) in [6.45, 7) is 0. The van der Waals surface area contributed by atoms with Crippen molar-refractivity contribution in [1.29, 1.82) is 0 Å². The van der Waals surface area contributed by atoms with Crippen LogP contribution in [0, 0.1) is 11.8 Å². The Bertz CT molecular complexity index is 936. The van der Waals surface area contributed by atoms with Gasteiger partial charge in [0.25, 0.3) is 11.8 Å². The van der Waals surface area contributed by atoms with Crippen molar-refractivity contribution in [3.8, 4) is 0 Å². The van der Waals surface area contributed by atoms with Gasteiger partial charge in [-0.05, 0) is 23.3 Å². The second-order valence-electron chi connectivity index (χ2n) is 6.64. The van der Waals surface area contributed by atoms with Gasteiger partial charge in [0.2, 0.25) is 0 Å². The molecule has 2 bridgehead atoms. The van der Waals surface area contributed by atoms with Crippen LogP contribution in [0.4, 0.5) is 0 Å². The smallest absolute Gasteiger partial charge is 0.260 e. The Hall–Kier alpha value is -1.92. The Kier molecular flexibility index (Phi) is 2.84. The van der Waals surface area contributed by atoms with Crippen molar-refractivity contribution in [2.24, 2.45) is 11.8 Å². The molecule has 1 saturated heterocycles. The number of carbonyl (C=O) groups excluding carboxylic acids is 2. The third-order valence-corrected chi connectivity index (χ3v) is 6.29. The van der Waals surface area contributed by atoms with Gasteiger partial charge >= 0.3 is 0 Å². The van der Waals surface area contributed by atoms with Gasteiger partial charge in [0.05, 0.1) is 11.8 Å². The normalized spacial score (nSPS) is 31.8. The zero-order valence-corrected chi connectivity index (χ0v) is 14.1. The van der Waals surface area contributed by atoms with Gasteiger partial charge in [-0.2, -0.15) is 5.06 Å². The molecule has 0 aromatic heterocycles. The van der Waals surface area contributed by atoms with Crippen molar-refractivity contribution in [2.45, 2.75) is 11.5 Å². The summed E-state index contributed by atoms with van der Waals surface area (Å²) in [6, 6.07) is 10.3. The number of halogens is 2. The lowest BCUT2D eigenvalue weighted by molar-refractivity contribution is -0.174. The van der Waals surface area contributed by atoms with Crippen LogP contribution in [0.25, 0.3) is 0 Å². The van der Waals surface area contributed by atoms with Crippen molar-refractivity contribution < 1.29 is 19.9 Å². The van der Waals surface area contributed by atoms with E-state index < -0.39 is 35.2 Å². The van der Waals surface area contributed by atoms with E-state index in [4.69, 9.17) is 23.2 Å². The van der Waals surface area contributed by atoms with E-state index in [1.54, 1.807) is 36.4 Å². The zero-order chi connectivity index (χ0) is 17.7. The molecule has 0 saturated carbocycles. The van der Waals surface area contributed by atoms with Crippen LogP contribution in [0.5, 0.6) is 0 Å². The van der Waals surface area contributed by atoms with Gasteiger partial charge in [-0.25, -0.2) is 0 Å². The summed E-state index contributed by atoms with van der Waals surface area (Å²) in [5, 5.41) is 22.4. The number of hydrogen-bond acceptors (Lipinski definition) is 4. The van der Waals surface area contributed by atoms with E-state index in [0.29, 0.717) is 32.3 Å². The number of aliphatic hydroxyl groups is 1. The molecule has 1 fully saturated rings. The minimum atomic E-state index is -1.87. The van der Waals surface area contributed by atoms with E-state index in [0.717, 1.165) is 0 Å². The zero-order valence-electron chi connectivity index (χ0n) is 12.6. The van der Waals surface area contributed by atoms with E-state index in [-0.39, 0.29) is 5.06 Å². The van der Waals surface area contributed by atoms with E-state index in [9.17, 15) is 19.9 Å². The lowest BCUT2D eigenvalue weighted by Gasteiger charge is -2.51. The molecule has 25 heavy (non-hydrogen) atoms. The van der Waals surface area contributed by atoms with E-state index in [1.807, 2.05) is 0 Å². The maximum Gasteiger partial charge on any atom is 0.260 e. The number of carbonyl (C=O) groups is 2. The standard InChI is InChI=1S/C18H11Cl2NO4/c19-9-5-1-3-7-11-8-4-2-6-10(20)14(8)18(24,13(7)9)15-12(11)16(22)21(25)17(15)23/h1-6,11-12,15,24-25H. The molecular formula is C18H11Cl2NO4. The molecule has 2 unspecified atom stereocenters. The molecule has 2 N–H and O–H groups in total. The fourth-order valence-electron chi connectivity index (χ4n) is 4.85. The van der Waals surface area contributed by atoms with Gasteiger partial charge < -0.3 is 5.11 Å². The van der Waals surface area contributed by atoms with Crippen molar-refractivity contribution in [3.05, 3.63) is 68.7 Å². The number of amides is 2. The van der Waals surface area contributed by atoms with Crippen LogP contribution in [-0.4, -0.2) is 27.2 Å². The topological polar surface area (TPSA) is 77.8 Å². The monoisotopic (exact) mass is 375 g/mol. The van der Waals surface area contributed by atoms with Gasteiger partial charge in [0.1, 0.15) is 5.60 Å². The summed E-state index contributed by atoms with van der Waals surface area (Å²) in [5.74, 6) is -4.10. The predicted octanol–water partition coefficient (Wildman–Crippen LogP) is 2.68. The maximum absolute atomic E-state index is 12.6. The average molecular weight is 376 g/mol. The Morgan fingerprint density at radius 3 is 1.96 bits per heavy atom. The summed E-state index contributed by atoms with van der Waals surface area (Å²) >= 11 is 12.8. The SMILES string of the molecule is O=C1C2C3c4cccc(Cl)c4C(O)(c4c(Cl)cccc43)C2C(=O)N1O. The molecule has 1 heterocycles. The second kappa shape index (κ2) is 4.62. The van der Waals surface area contributed by atoms with Crippen LogP contribution in [-0.2, 0) is 15.2 Å². The highest BCUT2D eigenvalue weighted by molar-refractivity contribution is 6.33. The number of benzene rings is 2. The van der Waals surface area contributed by atoms with Gasteiger partial charge in [0.15, 0.2) is 0 Å². The molecule has 1 aliphatic heterocycles. The second-order valence-corrected chi connectivity index (χ2v) is 7.46. The van der Waals surface area contributed by atoms with Crippen molar-refractivity contribution in [3.63, 3.8) is 0 Å². The van der Waals surface area contributed by atoms with Crippen LogP contribution in [0.15, 0.2) is 36.4 Å². The predicted molar refractivity (Wildman–Crippen MR) is 88.4 cm³/mol. The van der Waals surface area contributed by atoms with E-state index in [1.165, 1.54) is 0 Å². The summed E-state index contributed by atoms with van der Waals surface area (Å²) in [7, 11) is 0. The first-order valence-corrected chi connectivity index (χ1v) is 8.51. The van der Waals surface area contributed by atoms with Crippen molar-refractivity contribution in [1.82, 2.24) is 5.06 Å². The molecule has 2 aromatic carbocycles. The Morgan fingerprint density at radius 1 is 0.920 bits per heavy atom. The minimum Gasteiger partial charge on any atom is -0.379 e. The largest absolute Gasteiger partial charge is 0.379 e. The molecule has 6 rings (SSSR count). The number of hydroxylamine groups is 2. The highest BCUT2D eigenvalue weighted by atomic mass is 35.5. The summed E-state index contributed by atoms with van der Waals surface area (Å²) < 4.78 is 0. The number of nitrogens with zero attached hydrogens (tertiary/aromatic N) is 1. The van der Waals surface area contributed by atoms with Crippen LogP contribution in [0.2, 0.25) is 10.0 Å². The first-order chi connectivity index (χ1) is 11.9. The summed E-state index contributed by atoms with van der Waals surface area (Å²) in [5.41, 5.74) is 0.273. The Balaban J connectivity index is 1.96. The van der Waals surface area contributed by atoms with Crippen LogP contribution < -0.4 is 0 Å². The molecule has 7 heteroatoms. The number of hydrogen-bond donors (Lipinski definition) is 2. The average Bonchev–Trinajstić information content (AvgIpc) is 2.81. The lowest BCUT2D eigenvalue weighted by atomic mass is 9.52. The first-order valence-electron chi connectivity index (χ1n) is 7.76. The Morgan fingerprint density at radius 2 is 1.44 bits per heavy atom. The molecule has 0 radical (unpaired) electrons. The van der Waals surface area contributed by atoms with Crippen LogP contribution in [0.1, 0.15) is 28.2 Å². The molecule has 2 atom stereocenters. The number of rotatable bonds is 0. The quantitative estimate of drug-likeness (QED) is 0.548. The van der Waals surface area contributed by atoms with Crippen molar-refractivity contribution >= 4 is 35.0 Å². The fourth-order valence-corrected chi connectivity index (χ4v) is 5.50. The van der Waals surface area contributed by atoms with Gasteiger partial charge in [-0.1, -0.05) is 47.5 Å². The lowest BCUT2D eigenvalue weighted by Crippen LogP contribution is -2.54. The minimum absolute atomic E-state index is 0.118.